The van der Waals surface area contributed by atoms with Crippen LogP contribution >= 0.6 is 0 Å². The van der Waals surface area contributed by atoms with Crippen molar-refractivity contribution in [2.45, 2.75) is 13.8 Å². The first-order valence-electron chi connectivity index (χ1n) is 4.68. The Balaban J connectivity index is 2.57. The maximum absolute atomic E-state index is 10.8. The third-order valence-corrected chi connectivity index (χ3v) is 1.71. The van der Waals surface area contributed by atoms with E-state index in [4.69, 9.17) is 0 Å². The van der Waals surface area contributed by atoms with Crippen molar-refractivity contribution in [3.05, 3.63) is 35.9 Å². The van der Waals surface area contributed by atoms with E-state index in [9.17, 15) is 4.79 Å². The Labute approximate surface area is 88.5 Å². The van der Waals surface area contributed by atoms with Gasteiger partial charge in [-0.2, -0.15) is 0 Å². The average Bonchev–Trinajstić information content (AvgIpc) is 2.27. The summed E-state index contributed by atoms with van der Waals surface area (Å²) >= 11 is 0. The summed E-state index contributed by atoms with van der Waals surface area (Å²) in [5, 5.41) is 3.66. The molecule has 0 radical (unpaired) electrons. The second-order valence-corrected chi connectivity index (χ2v) is 2.82. The van der Waals surface area contributed by atoms with E-state index in [2.05, 4.69) is 14.7 Å². The van der Waals surface area contributed by atoms with Gasteiger partial charge in [-0.3, -0.25) is 4.84 Å². The van der Waals surface area contributed by atoms with Crippen LogP contribution in [0.1, 0.15) is 19.4 Å². The summed E-state index contributed by atoms with van der Waals surface area (Å²) in [5.41, 5.74) is 1.53. The van der Waals surface area contributed by atoms with E-state index in [1.54, 1.807) is 13.8 Å². The van der Waals surface area contributed by atoms with Gasteiger partial charge in [-0.15, -0.1) is 0 Å². The molecular weight excluding hydrogens is 194 g/mol. The molecular formula is C11H13NO3. The molecule has 0 bridgehead atoms. The molecule has 0 aromatic heterocycles. The largest absolute Gasteiger partial charge is 0.535 e. The van der Waals surface area contributed by atoms with Gasteiger partial charge < -0.3 is 4.74 Å². The SMILES string of the molecule is CCOC(=O)O/N=C(\C)c1ccccc1. The molecule has 0 aliphatic rings. The van der Waals surface area contributed by atoms with Crippen LogP contribution in [-0.2, 0) is 9.57 Å². The molecule has 0 saturated carbocycles. The van der Waals surface area contributed by atoms with E-state index in [-0.39, 0.29) is 6.61 Å². The van der Waals surface area contributed by atoms with E-state index >= 15 is 0 Å². The number of oxime groups is 1. The molecule has 15 heavy (non-hydrogen) atoms. The summed E-state index contributed by atoms with van der Waals surface area (Å²) in [5.74, 6) is 0. The smallest absolute Gasteiger partial charge is 0.433 e. The van der Waals surface area contributed by atoms with Crippen LogP contribution in [0.3, 0.4) is 0 Å². The lowest BCUT2D eigenvalue weighted by Crippen LogP contribution is -2.05. The molecule has 1 aromatic carbocycles. The molecule has 0 unspecified atom stereocenters. The molecule has 0 atom stereocenters. The standard InChI is InChI=1S/C11H13NO3/c1-3-14-11(13)15-12-9(2)10-7-5-4-6-8-10/h4-8H,3H2,1-2H3/b12-9+. The van der Waals surface area contributed by atoms with E-state index in [0.29, 0.717) is 5.71 Å². The number of ether oxygens (including phenoxy) is 1. The van der Waals surface area contributed by atoms with E-state index in [1.807, 2.05) is 30.3 Å². The normalized spacial score (nSPS) is 10.9. The van der Waals surface area contributed by atoms with Crippen LogP contribution in [0.25, 0.3) is 0 Å². The Morgan fingerprint density at radius 2 is 2.00 bits per heavy atom. The average molecular weight is 207 g/mol. The molecule has 4 nitrogen and oxygen atoms in total. The first-order valence-corrected chi connectivity index (χ1v) is 4.68. The number of carbonyl (C=O) groups excluding carboxylic acids is 1. The van der Waals surface area contributed by atoms with Crippen LogP contribution in [0.2, 0.25) is 0 Å². The van der Waals surface area contributed by atoms with Gasteiger partial charge >= 0.3 is 6.16 Å². The maximum Gasteiger partial charge on any atom is 0.535 e. The van der Waals surface area contributed by atoms with Crippen molar-refractivity contribution in [3.63, 3.8) is 0 Å². The molecule has 0 heterocycles. The summed E-state index contributed by atoms with van der Waals surface area (Å²) in [6.07, 6.45) is -0.784. The summed E-state index contributed by atoms with van der Waals surface area (Å²) in [4.78, 5) is 15.4. The molecule has 0 amide bonds. The molecule has 80 valence electrons. The lowest BCUT2D eigenvalue weighted by molar-refractivity contribution is 0.0613. The second kappa shape index (κ2) is 5.80. The Hall–Kier alpha value is -1.84. The van der Waals surface area contributed by atoms with E-state index in [0.717, 1.165) is 5.56 Å². The van der Waals surface area contributed by atoms with Crippen molar-refractivity contribution in [1.82, 2.24) is 0 Å². The van der Waals surface area contributed by atoms with Gasteiger partial charge in [0.05, 0.1) is 12.3 Å². The van der Waals surface area contributed by atoms with Crippen LogP contribution in [-0.4, -0.2) is 18.5 Å². The van der Waals surface area contributed by atoms with Crippen molar-refractivity contribution >= 4 is 11.9 Å². The summed E-state index contributed by atoms with van der Waals surface area (Å²) in [7, 11) is 0. The summed E-state index contributed by atoms with van der Waals surface area (Å²) < 4.78 is 4.56. The van der Waals surface area contributed by atoms with Gasteiger partial charge in [-0.25, -0.2) is 4.79 Å². The molecule has 0 N–H and O–H groups in total. The van der Waals surface area contributed by atoms with Crippen LogP contribution in [0.5, 0.6) is 0 Å². The summed E-state index contributed by atoms with van der Waals surface area (Å²) in [6.45, 7) is 3.74. The zero-order chi connectivity index (χ0) is 11.1. The van der Waals surface area contributed by atoms with Gasteiger partial charge in [0.25, 0.3) is 0 Å². The number of benzene rings is 1. The minimum Gasteiger partial charge on any atom is -0.433 e. The molecule has 1 rings (SSSR count). The third kappa shape index (κ3) is 3.81. The Kier molecular flexibility index (Phi) is 4.34. The van der Waals surface area contributed by atoms with Crippen molar-refractivity contribution in [1.29, 1.82) is 0 Å². The minimum absolute atomic E-state index is 0.277. The molecule has 0 fully saturated rings. The maximum atomic E-state index is 10.8. The van der Waals surface area contributed by atoms with E-state index < -0.39 is 6.16 Å². The molecule has 0 saturated heterocycles. The third-order valence-electron chi connectivity index (χ3n) is 1.71. The fourth-order valence-electron chi connectivity index (χ4n) is 0.982. The molecule has 1 aromatic rings. The van der Waals surface area contributed by atoms with Crippen molar-refractivity contribution < 1.29 is 14.4 Å². The second-order valence-electron chi connectivity index (χ2n) is 2.82. The van der Waals surface area contributed by atoms with Crippen LogP contribution in [0.4, 0.5) is 4.79 Å². The van der Waals surface area contributed by atoms with Crippen molar-refractivity contribution in [2.75, 3.05) is 6.61 Å². The Bertz CT molecular complexity index is 346. The fourth-order valence-corrected chi connectivity index (χ4v) is 0.982. The van der Waals surface area contributed by atoms with Gasteiger partial charge in [0.1, 0.15) is 0 Å². The predicted octanol–water partition coefficient (Wildman–Crippen LogP) is 2.58. The van der Waals surface area contributed by atoms with Gasteiger partial charge in [0, 0.05) is 0 Å². The van der Waals surface area contributed by atoms with E-state index in [1.165, 1.54) is 0 Å². The fraction of sp³-hybridized carbons (Fsp3) is 0.273. The highest BCUT2D eigenvalue weighted by atomic mass is 16.8. The lowest BCUT2D eigenvalue weighted by Gasteiger charge is -2.00. The van der Waals surface area contributed by atoms with Crippen LogP contribution < -0.4 is 0 Å². The molecule has 0 aliphatic carbocycles. The lowest BCUT2D eigenvalue weighted by atomic mass is 10.1. The minimum atomic E-state index is -0.784. The highest BCUT2D eigenvalue weighted by molar-refractivity contribution is 5.98. The quantitative estimate of drug-likeness (QED) is 0.331. The first kappa shape index (κ1) is 11.2. The molecule has 0 spiro atoms. The predicted molar refractivity (Wildman–Crippen MR) is 56.8 cm³/mol. The van der Waals surface area contributed by atoms with Gasteiger partial charge in [-0.1, -0.05) is 35.5 Å². The number of nitrogens with zero attached hydrogens (tertiary/aromatic N) is 1. The number of rotatable bonds is 3. The van der Waals surface area contributed by atoms with Crippen LogP contribution in [0.15, 0.2) is 35.5 Å². The van der Waals surface area contributed by atoms with Crippen LogP contribution in [0, 0.1) is 0 Å². The number of carbonyl (C=O) groups is 1. The molecule has 0 aliphatic heterocycles. The highest BCUT2D eigenvalue weighted by Crippen LogP contribution is 2.01. The zero-order valence-corrected chi connectivity index (χ0v) is 8.77. The topological polar surface area (TPSA) is 47.9 Å². The Morgan fingerprint density at radius 1 is 1.33 bits per heavy atom. The van der Waals surface area contributed by atoms with Gasteiger partial charge in [0.2, 0.25) is 0 Å². The monoisotopic (exact) mass is 207 g/mol. The first-order chi connectivity index (χ1) is 7.24. The van der Waals surface area contributed by atoms with Gasteiger partial charge in [0.15, 0.2) is 0 Å². The Morgan fingerprint density at radius 3 is 2.60 bits per heavy atom. The van der Waals surface area contributed by atoms with Crippen molar-refractivity contribution in [3.8, 4) is 0 Å². The number of hydrogen-bond donors (Lipinski definition) is 0. The van der Waals surface area contributed by atoms with Gasteiger partial charge in [-0.05, 0) is 19.4 Å². The summed E-state index contributed by atoms with van der Waals surface area (Å²) in [6, 6.07) is 9.45. The number of hydrogen-bond acceptors (Lipinski definition) is 4. The highest BCUT2D eigenvalue weighted by Gasteiger charge is 2.02. The zero-order valence-electron chi connectivity index (χ0n) is 8.77. The molecule has 4 heteroatoms. The van der Waals surface area contributed by atoms with Crippen molar-refractivity contribution in [2.24, 2.45) is 5.16 Å².